The summed E-state index contributed by atoms with van der Waals surface area (Å²) in [5.74, 6) is 2.18. The van der Waals surface area contributed by atoms with Crippen LogP contribution in [0.3, 0.4) is 0 Å². The fraction of sp³-hybridized carbons (Fsp3) is 0.944. The first-order chi connectivity index (χ1) is 10.3. The molecule has 0 spiro atoms. The van der Waals surface area contributed by atoms with Crippen molar-refractivity contribution < 1.29 is 9.53 Å². The number of hydrogen-bond donors (Lipinski definition) is 2. The molecule has 128 valence electrons. The lowest BCUT2D eigenvalue weighted by Gasteiger charge is -2.38. The van der Waals surface area contributed by atoms with Gasteiger partial charge in [0.1, 0.15) is 5.60 Å². The third-order valence-corrected chi connectivity index (χ3v) is 5.01. The van der Waals surface area contributed by atoms with E-state index in [0.29, 0.717) is 18.6 Å². The maximum Gasteiger partial charge on any atom is 0.407 e. The van der Waals surface area contributed by atoms with E-state index < -0.39 is 5.60 Å². The Kier molecular flexibility index (Phi) is 5.76. The fourth-order valence-corrected chi connectivity index (χ4v) is 3.63. The van der Waals surface area contributed by atoms with Crippen LogP contribution in [-0.2, 0) is 4.74 Å². The normalized spacial score (nSPS) is 30.7. The highest BCUT2D eigenvalue weighted by Gasteiger charge is 2.36. The first-order valence-electron chi connectivity index (χ1n) is 8.99. The number of nitrogens with one attached hydrogen (secondary N) is 2. The minimum absolute atomic E-state index is 0.301. The molecule has 1 amide bonds. The van der Waals surface area contributed by atoms with Gasteiger partial charge in [-0.1, -0.05) is 20.3 Å². The van der Waals surface area contributed by atoms with E-state index >= 15 is 0 Å². The zero-order valence-electron chi connectivity index (χ0n) is 14.9. The van der Waals surface area contributed by atoms with Gasteiger partial charge in [0.25, 0.3) is 0 Å². The molecule has 2 fully saturated rings. The van der Waals surface area contributed by atoms with Gasteiger partial charge in [-0.3, -0.25) is 0 Å². The van der Waals surface area contributed by atoms with Crippen molar-refractivity contribution in [3.05, 3.63) is 0 Å². The summed E-state index contributed by atoms with van der Waals surface area (Å²) in [6.07, 6.45) is 6.25. The largest absolute Gasteiger partial charge is 0.444 e. The van der Waals surface area contributed by atoms with Gasteiger partial charge in [0.2, 0.25) is 0 Å². The average molecular weight is 310 g/mol. The Morgan fingerprint density at radius 2 is 1.73 bits per heavy atom. The van der Waals surface area contributed by atoms with Crippen LogP contribution in [0.4, 0.5) is 4.79 Å². The Morgan fingerprint density at radius 3 is 2.23 bits per heavy atom. The third-order valence-electron chi connectivity index (χ3n) is 5.01. The molecule has 3 atom stereocenters. The van der Waals surface area contributed by atoms with Crippen LogP contribution in [-0.4, -0.2) is 30.3 Å². The van der Waals surface area contributed by atoms with Crippen LogP contribution >= 0.6 is 0 Å². The molecule has 4 heteroatoms. The van der Waals surface area contributed by atoms with Crippen molar-refractivity contribution in [3.63, 3.8) is 0 Å². The molecule has 2 rings (SSSR count). The van der Waals surface area contributed by atoms with Gasteiger partial charge in [-0.15, -0.1) is 0 Å². The monoisotopic (exact) mass is 310 g/mol. The molecule has 0 bridgehead atoms. The molecule has 2 saturated carbocycles. The molecular formula is C18H34N2O2. The molecule has 0 radical (unpaired) electrons. The quantitative estimate of drug-likeness (QED) is 0.814. The zero-order valence-corrected chi connectivity index (χ0v) is 14.9. The van der Waals surface area contributed by atoms with E-state index in [9.17, 15) is 4.79 Å². The molecule has 2 aliphatic carbocycles. The van der Waals surface area contributed by atoms with Crippen LogP contribution in [0.5, 0.6) is 0 Å². The summed E-state index contributed by atoms with van der Waals surface area (Å²) >= 11 is 0. The maximum atomic E-state index is 11.9. The van der Waals surface area contributed by atoms with E-state index in [4.69, 9.17) is 4.74 Å². The summed E-state index contributed by atoms with van der Waals surface area (Å²) in [6, 6.07) is 0.973. The number of rotatable bonds is 5. The third kappa shape index (κ3) is 5.45. The molecule has 0 aromatic heterocycles. The number of carbonyl (C=O) groups is 1. The summed E-state index contributed by atoms with van der Waals surface area (Å²) in [6.45, 7) is 11.1. The lowest BCUT2D eigenvalue weighted by molar-refractivity contribution is 0.0517. The van der Waals surface area contributed by atoms with Crippen molar-refractivity contribution in [2.24, 2.45) is 17.8 Å². The Hall–Kier alpha value is -0.770. The molecule has 0 heterocycles. The number of amides is 1. The number of alkyl carbamates (subject to hydrolysis) is 1. The summed E-state index contributed by atoms with van der Waals surface area (Å²) in [7, 11) is 0. The Bertz CT molecular complexity index is 364. The topological polar surface area (TPSA) is 50.4 Å². The van der Waals surface area contributed by atoms with Gasteiger partial charge in [-0.25, -0.2) is 4.79 Å². The molecular weight excluding hydrogens is 276 g/mol. The predicted molar refractivity (Wildman–Crippen MR) is 89.9 cm³/mol. The van der Waals surface area contributed by atoms with Crippen LogP contribution in [0.2, 0.25) is 0 Å². The van der Waals surface area contributed by atoms with Crippen molar-refractivity contribution in [1.29, 1.82) is 0 Å². The summed E-state index contributed by atoms with van der Waals surface area (Å²) in [5.41, 5.74) is -0.432. The van der Waals surface area contributed by atoms with Crippen LogP contribution < -0.4 is 10.6 Å². The summed E-state index contributed by atoms with van der Waals surface area (Å²) < 4.78 is 5.34. The van der Waals surface area contributed by atoms with Crippen molar-refractivity contribution in [2.75, 3.05) is 6.54 Å². The average Bonchev–Trinajstić information content (AvgIpc) is 3.19. The first-order valence-corrected chi connectivity index (χ1v) is 8.99. The smallest absolute Gasteiger partial charge is 0.407 e. The highest BCUT2D eigenvalue weighted by Crippen LogP contribution is 2.35. The summed E-state index contributed by atoms with van der Waals surface area (Å²) in [4.78, 5) is 11.9. The van der Waals surface area contributed by atoms with E-state index in [1.54, 1.807) is 0 Å². The Morgan fingerprint density at radius 1 is 1.14 bits per heavy atom. The predicted octanol–water partition coefficient (Wildman–Crippen LogP) is 3.70. The van der Waals surface area contributed by atoms with Crippen molar-refractivity contribution in [2.45, 2.75) is 84.4 Å². The van der Waals surface area contributed by atoms with Gasteiger partial charge in [-0.05, 0) is 64.2 Å². The number of ether oxygens (including phenoxy) is 1. The van der Waals surface area contributed by atoms with E-state index in [-0.39, 0.29) is 6.09 Å². The lowest BCUT2D eigenvalue weighted by Crippen LogP contribution is -2.52. The second-order valence-corrected chi connectivity index (χ2v) is 8.40. The number of hydrogen-bond acceptors (Lipinski definition) is 3. The highest BCUT2D eigenvalue weighted by molar-refractivity contribution is 5.67. The van der Waals surface area contributed by atoms with Gasteiger partial charge >= 0.3 is 6.09 Å². The molecule has 2 N–H and O–H groups in total. The van der Waals surface area contributed by atoms with E-state index in [0.717, 1.165) is 17.8 Å². The molecule has 0 aromatic rings. The molecule has 4 nitrogen and oxygen atoms in total. The fourth-order valence-electron chi connectivity index (χ4n) is 3.63. The molecule has 22 heavy (non-hydrogen) atoms. The van der Waals surface area contributed by atoms with E-state index in [1.807, 2.05) is 20.8 Å². The Labute approximate surface area is 135 Å². The van der Waals surface area contributed by atoms with Crippen LogP contribution in [0.25, 0.3) is 0 Å². The van der Waals surface area contributed by atoms with Crippen molar-refractivity contribution >= 4 is 6.09 Å². The van der Waals surface area contributed by atoms with Gasteiger partial charge < -0.3 is 15.4 Å². The van der Waals surface area contributed by atoms with Crippen LogP contribution in [0, 0.1) is 17.8 Å². The van der Waals surface area contributed by atoms with Gasteiger partial charge in [-0.2, -0.15) is 0 Å². The second-order valence-electron chi connectivity index (χ2n) is 8.40. The SMILES string of the molecule is CC1CCCC(C)C1NC(CNC(=O)OC(C)(C)C)C1CC1. The molecule has 0 aromatic carbocycles. The standard InChI is InChI=1S/C18H34N2O2/c1-12-7-6-8-13(2)16(12)20-15(14-9-10-14)11-19-17(21)22-18(3,4)5/h12-16,20H,6-11H2,1-5H3,(H,19,21). The summed E-state index contributed by atoms with van der Waals surface area (Å²) in [5, 5.41) is 6.82. The molecule has 0 saturated heterocycles. The van der Waals surface area contributed by atoms with E-state index in [1.165, 1.54) is 32.1 Å². The van der Waals surface area contributed by atoms with E-state index in [2.05, 4.69) is 24.5 Å². The highest BCUT2D eigenvalue weighted by atomic mass is 16.6. The van der Waals surface area contributed by atoms with Gasteiger partial charge in [0.05, 0.1) is 0 Å². The zero-order chi connectivity index (χ0) is 16.3. The first kappa shape index (κ1) is 17.6. The molecule has 2 aliphatic rings. The second kappa shape index (κ2) is 7.20. The van der Waals surface area contributed by atoms with Crippen LogP contribution in [0.15, 0.2) is 0 Å². The number of carbonyl (C=O) groups excluding carboxylic acids is 1. The molecule has 3 unspecified atom stereocenters. The minimum Gasteiger partial charge on any atom is -0.444 e. The maximum absolute atomic E-state index is 11.9. The minimum atomic E-state index is -0.432. The van der Waals surface area contributed by atoms with Crippen molar-refractivity contribution in [3.8, 4) is 0 Å². The Balaban J connectivity index is 1.84. The molecule has 0 aliphatic heterocycles. The van der Waals surface area contributed by atoms with Gasteiger partial charge in [0, 0.05) is 18.6 Å². The van der Waals surface area contributed by atoms with Crippen LogP contribution in [0.1, 0.15) is 66.7 Å². The van der Waals surface area contributed by atoms with Gasteiger partial charge in [0.15, 0.2) is 0 Å². The lowest BCUT2D eigenvalue weighted by atomic mass is 9.78. The van der Waals surface area contributed by atoms with Crippen molar-refractivity contribution in [1.82, 2.24) is 10.6 Å².